The Morgan fingerprint density at radius 1 is 1.00 bits per heavy atom. The molecule has 14 heteroatoms. The van der Waals surface area contributed by atoms with Crippen LogP contribution in [0.4, 0.5) is 0 Å². The third-order valence-corrected chi connectivity index (χ3v) is 5.76. The molecule has 0 radical (unpaired) electrons. The fourth-order valence-electron chi connectivity index (χ4n) is 3.36. The molecule has 36 heavy (non-hydrogen) atoms. The number of aliphatic hydroxyl groups is 1. The maximum absolute atomic E-state index is 12.8. The summed E-state index contributed by atoms with van der Waals surface area (Å²) in [5.41, 5.74) is 12.2. The van der Waals surface area contributed by atoms with Gasteiger partial charge in [-0.2, -0.15) is 12.6 Å². The van der Waals surface area contributed by atoms with E-state index in [4.69, 9.17) is 11.5 Å². The van der Waals surface area contributed by atoms with Crippen molar-refractivity contribution < 1.29 is 34.2 Å². The van der Waals surface area contributed by atoms with Gasteiger partial charge in [0.05, 0.1) is 12.5 Å². The first-order valence-electron chi connectivity index (χ1n) is 11.0. The Balaban J connectivity index is 2.11. The molecule has 1 heterocycles. The second kappa shape index (κ2) is 12.9. The van der Waals surface area contributed by atoms with Crippen molar-refractivity contribution in [3.8, 4) is 0 Å². The van der Waals surface area contributed by atoms with Crippen LogP contribution in [-0.2, 0) is 30.4 Å². The van der Waals surface area contributed by atoms with Gasteiger partial charge in [-0.3, -0.25) is 19.2 Å². The van der Waals surface area contributed by atoms with Gasteiger partial charge in [-0.05, 0) is 18.6 Å². The standard InChI is InChI=1S/C22H30N6O7S/c1-10(29)18(24)21(33)26-14(7-17(23)30)19(31)28-16(9-36)20(32)27-15(22(34)35)6-11-8-25-13-5-3-2-4-12(11)13/h2-5,8,10,14-16,18,25,29,36H,6-7,9,24H2,1H3,(H2,23,30)(H,26,33)(H,27,32)(H,28,31)(H,34,35). The molecule has 13 nitrogen and oxygen atoms in total. The number of benzene rings is 1. The number of nitrogens with two attached hydrogens (primary N) is 2. The van der Waals surface area contributed by atoms with Crippen LogP contribution in [0, 0.1) is 0 Å². The number of carboxylic acids is 1. The van der Waals surface area contributed by atoms with Crippen molar-refractivity contribution in [2.45, 2.75) is 50.0 Å². The summed E-state index contributed by atoms with van der Waals surface area (Å²) in [5, 5.41) is 26.8. The topological polar surface area (TPSA) is 230 Å². The third kappa shape index (κ3) is 7.69. The number of aliphatic carboxylic acids is 1. The fourth-order valence-corrected chi connectivity index (χ4v) is 3.61. The maximum Gasteiger partial charge on any atom is 0.326 e. The molecule has 5 unspecified atom stereocenters. The number of thiol groups is 1. The average Bonchev–Trinajstić information content (AvgIpc) is 3.23. The Hall–Kier alpha value is -3.62. The molecular weight excluding hydrogens is 492 g/mol. The summed E-state index contributed by atoms with van der Waals surface area (Å²) in [4.78, 5) is 64.0. The van der Waals surface area contributed by atoms with E-state index in [-0.39, 0.29) is 12.2 Å². The Morgan fingerprint density at radius 3 is 2.17 bits per heavy atom. The van der Waals surface area contributed by atoms with Crippen LogP contribution in [0.15, 0.2) is 30.5 Å². The van der Waals surface area contributed by atoms with Crippen LogP contribution < -0.4 is 27.4 Å². The minimum absolute atomic E-state index is 0.0318. The van der Waals surface area contributed by atoms with E-state index in [1.807, 2.05) is 18.2 Å². The SMILES string of the molecule is CC(O)C(N)C(=O)NC(CC(N)=O)C(=O)NC(CS)C(=O)NC(Cc1c[nH]c2ccccc12)C(=O)O. The van der Waals surface area contributed by atoms with Crippen molar-refractivity contribution in [1.29, 1.82) is 0 Å². The summed E-state index contributed by atoms with van der Waals surface area (Å²) < 4.78 is 0. The van der Waals surface area contributed by atoms with Crippen LogP contribution in [0.1, 0.15) is 18.9 Å². The van der Waals surface area contributed by atoms with Crippen LogP contribution in [0.2, 0.25) is 0 Å². The summed E-state index contributed by atoms with van der Waals surface area (Å²) >= 11 is 4.05. The largest absolute Gasteiger partial charge is 0.480 e. The van der Waals surface area contributed by atoms with E-state index in [0.717, 1.165) is 10.9 Å². The lowest BCUT2D eigenvalue weighted by Gasteiger charge is -2.24. The number of carboxylic acid groups (broad SMARTS) is 1. The number of carbonyl (C=O) groups is 5. The van der Waals surface area contributed by atoms with Gasteiger partial charge in [-0.1, -0.05) is 18.2 Å². The van der Waals surface area contributed by atoms with Crippen LogP contribution in [0.3, 0.4) is 0 Å². The molecule has 4 amide bonds. The number of carbonyl (C=O) groups excluding carboxylic acids is 4. The van der Waals surface area contributed by atoms with Gasteiger partial charge in [0.1, 0.15) is 24.2 Å². The number of hydrogen-bond acceptors (Lipinski definition) is 8. The molecule has 196 valence electrons. The molecular formula is C22H30N6O7S. The van der Waals surface area contributed by atoms with Crippen molar-refractivity contribution in [1.82, 2.24) is 20.9 Å². The quantitative estimate of drug-likeness (QED) is 0.130. The van der Waals surface area contributed by atoms with Crippen molar-refractivity contribution in [2.75, 3.05) is 5.75 Å². The van der Waals surface area contributed by atoms with E-state index < -0.39 is 66.3 Å². The highest BCUT2D eigenvalue weighted by atomic mass is 32.1. The van der Waals surface area contributed by atoms with Gasteiger partial charge in [0, 0.05) is 29.3 Å². The normalized spacial score (nSPS) is 15.2. The van der Waals surface area contributed by atoms with E-state index in [9.17, 15) is 34.2 Å². The molecule has 2 aromatic rings. The molecule has 5 atom stereocenters. The Bertz CT molecular complexity index is 1120. The predicted molar refractivity (Wildman–Crippen MR) is 133 cm³/mol. The summed E-state index contributed by atoms with van der Waals surface area (Å²) in [5.74, 6) is -5.13. The lowest BCUT2D eigenvalue weighted by molar-refractivity contribution is -0.142. The Morgan fingerprint density at radius 2 is 1.58 bits per heavy atom. The zero-order valence-corrected chi connectivity index (χ0v) is 20.3. The highest BCUT2D eigenvalue weighted by molar-refractivity contribution is 7.80. The maximum atomic E-state index is 12.8. The molecule has 0 bridgehead atoms. The number of aromatic nitrogens is 1. The molecule has 2 rings (SSSR count). The van der Waals surface area contributed by atoms with Gasteiger partial charge in [0.2, 0.25) is 23.6 Å². The number of primary amides is 1. The smallest absolute Gasteiger partial charge is 0.326 e. The van der Waals surface area contributed by atoms with Crippen LogP contribution in [0.25, 0.3) is 10.9 Å². The lowest BCUT2D eigenvalue weighted by atomic mass is 10.0. The number of para-hydroxylation sites is 1. The molecule has 1 aromatic carbocycles. The van der Waals surface area contributed by atoms with Gasteiger partial charge in [-0.25, -0.2) is 4.79 Å². The van der Waals surface area contributed by atoms with Gasteiger partial charge in [0.25, 0.3) is 0 Å². The highest BCUT2D eigenvalue weighted by Crippen LogP contribution is 2.19. The van der Waals surface area contributed by atoms with Crippen LogP contribution in [0.5, 0.6) is 0 Å². The van der Waals surface area contributed by atoms with Gasteiger partial charge >= 0.3 is 5.97 Å². The van der Waals surface area contributed by atoms with Gasteiger partial charge in [-0.15, -0.1) is 0 Å². The van der Waals surface area contributed by atoms with Gasteiger partial charge in [0.15, 0.2) is 0 Å². The zero-order chi connectivity index (χ0) is 27.0. The Kier molecular flexibility index (Phi) is 10.3. The summed E-state index contributed by atoms with van der Waals surface area (Å²) in [6.07, 6.45) is -0.220. The van der Waals surface area contributed by atoms with Gasteiger partial charge < -0.3 is 42.6 Å². The van der Waals surface area contributed by atoms with E-state index >= 15 is 0 Å². The average molecular weight is 523 g/mol. The number of aliphatic hydroxyl groups excluding tert-OH is 1. The first-order chi connectivity index (χ1) is 16.9. The van der Waals surface area contributed by atoms with Crippen molar-refractivity contribution >= 4 is 53.1 Å². The summed E-state index contributed by atoms with van der Waals surface area (Å²) in [6.45, 7) is 1.27. The summed E-state index contributed by atoms with van der Waals surface area (Å²) in [6, 6.07) is 1.78. The molecule has 0 saturated heterocycles. The zero-order valence-electron chi connectivity index (χ0n) is 19.4. The second-order valence-electron chi connectivity index (χ2n) is 8.20. The third-order valence-electron chi connectivity index (χ3n) is 5.39. The molecule has 10 N–H and O–H groups in total. The number of hydrogen-bond donors (Lipinski definition) is 9. The van der Waals surface area contributed by atoms with Crippen molar-refractivity contribution in [3.63, 3.8) is 0 Å². The minimum Gasteiger partial charge on any atom is -0.480 e. The molecule has 0 spiro atoms. The van der Waals surface area contributed by atoms with Crippen molar-refractivity contribution in [2.24, 2.45) is 11.5 Å². The number of fused-ring (bicyclic) bond motifs is 1. The van der Waals surface area contributed by atoms with Crippen LogP contribution in [-0.4, -0.2) is 80.8 Å². The molecule has 0 saturated carbocycles. The number of nitrogens with one attached hydrogen (secondary N) is 4. The summed E-state index contributed by atoms with van der Waals surface area (Å²) in [7, 11) is 0. The highest BCUT2D eigenvalue weighted by Gasteiger charge is 2.31. The molecule has 0 fully saturated rings. The first-order valence-corrected chi connectivity index (χ1v) is 11.6. The van der Waals surface area contributed by atoms with Crippen LogP contribution >= 0.6 is 12.6 Å². The number of H-pyrrole nitrogens is 1. The monoisotopic (exact) mass is 522 g/mol. The predicted octanol–water partition coefficient (Wildman–Crippen LogP) is -2.24. The number of amides is 4. The minimum atomic E-state index is -1.49. The lowest BCUT2D eigenvalue weighted by Crippen LogP contribution is -2.59. The fraction of sp³-hybridized carbons (Fsp3) is 0.409. The Labute approximate surface area is 211 Å². The number of aromatic amines is 1. The molecule has 0 aliphatic rings. The van der Waals surface area contributed by atoms with E-state index in [1.54, 1.807) is 12.3 Å². The molecule has 0 aliphatic carbocycles. The molecule has 0 aliphatic heterocycles. The number of rotatable bonds is 13. The van der Waals surface area contributed by atoms with Crippen molar-refractivity contribution in [3.05, 3.63) is 36.0 Å². The second-order valence-corrected chi connectivity index (χ2v) is 8.57. The van der Waals surface area contributed by atoms with E-state index in [0.29, 0.717) is 5.56 Å². The first kappa shape index (κ1) is 28.6. The molecule has 1 aromatic heterocycles. The van der Waals surface area contributed by atoms with E-state index in [1.165, 1.54) is 6.92 Å². The van der Waals surface area contributed by atoms with E-state index in [2.05, 4.69) is 33.6 Å².